The first kappa shape index (κ1) is 31.8. The number of rotatable bonds is 13. The molecule has 1 saturated heterocycles. The fourth-order valence-electron chi connectivity index (χ4n) is 4.97. The number of hydrogen-bond donors (Lipinski definition) is 1. The van der Waals surface area contributed by atoms with Crippen molar-refractivity contribution in [2.45, 2.75) is 77.3 Å². The fraction of sp³-hybridized carbons (Fsp3) is 0.516. The van der Waals surface area contributed by atoms with Crippen LogP contribution in [0.2, 0.25) is 0 Å². The van der Waals surface area contributed by atoms with Crippen LogP contribution < -0.4 is 0 Å². The third-order valence-electron chi connectivity index (χ3n) is 7.16. The van der Waals surface area contributed by atoms with Crippen LogP contribution in [0.3, 0.4) is 0 Å². The summed E-state index contributed by atoms with van der Waals surface area (Å²) in [5.74, 6) is -0.566. The lowest BCUT2D eigenvalue weighted by molar-refractivity contribution is -0.143. The second-order valence-electron chi connectivity index (χ2n) is 10.3. The monoisotopic (exact) mass is 565 g/mol. The van der Waals surface area contributed by atoms with Gasteiger partial charge in [0.15, 0.2) is 0 Å². The van der Waals surface area contributed by atoms with Gasteiger partial charge in [0.2, 0.25) is 0 Å². The largest absolute Gasteiger partial charge is 0.466 e. The zero-order valence-corrected chi connectivity index (χ0v) is 23.3. The van der Waals surface area contributed by atoms with Crippen LogP contribution in [-0.2, 0) is 26.9 Å². The number of hydrogen-bond acceptors (Lipinski definition) is 5. The predicted molar refractivity (Wildman–Crippen MR) is 146 cm³/mol. The Morgan fingerprint density at radius 2 is 2.00 bits per heavy atom. The zero-order valence-electron chi connectivity index (χ0n) is 23.3. The van der Waals surface area contributed by atoms with Crippen molar-refractivity contribution in [3.8, 4) is 0 Å². The lowest BCUT2D eigenvalue weighted by Crippen LogP contribution is -2.39. The second kappa shape index (κ2) is 14.8. The molecule has 0 radical (unpaired) electrons. The molecule has 1 fully saturated rings. The van der Waals surface area contributed by atoms with Gasteiger partial charge in [0.1, 0.15) is 5.82 Å². The van der Waals surface area contributed by atoms with E-state index in [2.05, 4.69) is 4.90 Å². The van der Waals surface area contributed by atoms with E-state index in [-0.39, 0.29) is 37.5 Å². The molecule has 1 aliphatic rings. The number of halogens is 4. The molecule has 0 amide bonds. The highest BCUT2D eigenvalue weighted by Crippen LogP contribution is 2.33. The van der Waals surface area contributed by atoms with Crippen LogP contribution >= 0.6 is 0 Å². The summed E-state index contributed by atoms with van der Waals surface area (Å²) in [5.41, 5.74) is 1.62. The number of benzene rings is 2. The first-order valence-electron chi connectivity index (χ1n) is 13.8. The Kier molecular flexibility index (Phi) is 11.7. The van der Waals surface area contributed by atoms with Crippen molar-refractivity contribution >= 4 is 12.0 Å². The molecule has 0 bridgehead atoms. The minimum Gasteiger partial charge on any atom is -0.466 e. The summed E-state index contributed by atoms with van der Waals surface area (Å²) in [7, 11) is 0. The van der Waals surface area contributed by atoms with Gasteiger partial charge >= 0.3 is 12.1 Å². The molecule has 1 heterocycles. The number of alkyl halides is 3. The van der Waals surface area contributed by atoms with Gasteiger partial charge in [-0.15, -0.1) is 0 Å². The van der Waals surface area contributed by atoms with Gasteiger partial charge < -0.3 is 14.6 Å². The molecular formula is C31H39F4NO4. The number of nitrogens with zero attached hydrogens (tertiary/aromatic N) is 1. The van der Waals surface area contributed by atoms with Crippen molar-refractivity contribution < 1.29 is 36.9 Å². The molecule has 1 N–H and O–H groups in total. The molecule has 0 saturated carbocycles. The molecule has 9 heteroatoms. The number of esters is 1. The van der Waals surface area contributed by atoms with E-state index in [9.17, 15) is 27.5 Å². The smallest absolute Gasteiger partial charge is 0.416 e. The van der Waals surface area contributed by atoms with Crippen molar-refractivity contribution in [2.75, 3.05) is 26.3 Å². The van der Waals surface area contributed by atoms with Crippen molar-refractivity contribution in [3.63, 3.8) is 0 Å². The van der Waals surface area contributed by atoms with Gasteiger partial charge in [-0.3, -0.25) is 9.69 Å². The van der Waals surface area contributed by atoms with Crippen LogP contribution in [0, 0.1) is 12.7 Å². The Balaban J connectivity index is 1.61. The number of aliphatic hydroxyl groups excluding tert-OH is 1. The molecule has 2 aromatic rings. The quantitative estimate of drug-likeness (QED) is 0.218. The molecule has 2 aromatic carbocycles. The number of aliphatic hydroxyl groups is 1. The standard InChI is InChI=1S/C31H39F4NO4/c1-4-39-30(38)10-6-5-8-24-13-14-25(31(33,34)35)18-28(24)22(3)40-20-27(37)19-36-15-7-9-26(36)16-23-12-11-21(2)29(32)17-23/h5,8,11-14,17-18,22,26-27,37H,4,6-7,9-10,15-16,19-20H2,1-3H3/b8-5+/t22-,26+,27-/m1/s1. The molecule has 3 atom stereocenters. The molecule has 0 aromatic heterocycles. The van der Waals surface area contributed by atoms with Gasteiger partial charge in [0, 0.05) is 19.0 Å². The number of allylic oxidation sites excluding steroid dienone is 1. The Hall–Kier alpha value is -2.75. The average Bonchev–Trinajstić information content (AvgIpc) is 3.33. The summed E-state index contributed by atoms with van der Waals surface area (Å²) in [5, 5.41) is 10.7. The van der Waals surface area contributed by atoms with Crippen molar-refractivity contribution in [1.82, 2.24) is 4.90 Å². The van der Waals surface area contributed by atoms with Crippen LogP contribution in [0.1, 0.15) is 73.5 Å². The van der Waals surface area contributed by atoms with E-state index in [1.165, 1.54) is 6.07 Å². The highest BCUT2D eigenvalue weighted by molar-refractivity contribution is 5.69. The minimum atomic E-state index is -4.51. The molecule has 0 aliphatic carbocycles. The first-order chi connectivity index (χ1) is 19.0. The van der Waals surface area contributed by atoms with Gasteiger partial charge in [-0.2, -0.15) is 13.2 Å². The lowest BCUT2D eigenvalue weighted by Gasteiger charge is -2.28. The van der Waals surface area contributed by atoms with Crippen molar-refractivity contribution in [2.24, 2.45) is 0 Å². The van der Waals surface area contributed by atoms with E-state index >= 15 is 0 Å². The second-order valence-corrected chi connectivity index (χ2v) is 10.3. The number of likely N-dealkylation sites (tertiary alicyclic amines) is 1. The van der Waals surface area contributed by atoms with E-state index in [4.69, 9.17) is 9.47 Å². The number of ether oxygens (including phenoxy) is 2. The summed E-state index contributed by atoms with van der Waals surface area (Å²) in [6.07, 6.45) is 0.482. The van der Waals surface area contributed by atoms with Gasteiger partial charge in [0.25, 0.3) is 0 Å². The fourth-order valence-corrected chi connectivity index (χ4v) is 4.97. The van der Waals surface area contributed by atoms with E-state index in [0.717, 1.165) is 37.1 Å². The first-order valence-corrected chi connectivity index (χ1v) is 13.8. The Morgan fingerprint density at radius 3 is 2.70 bits per heavy atom. The highest BCUT2D eigenvalue weighted by Gasteiger charge is 2.32. The summed E-state index contributed by atoms with van der Waals surface area (Å²) >= 11 is 0. The summed E-state index contributed by atoms with van der Waals surface area (Å²) < 4.78 is 65.0. The molecule has 0 spiro atoms. The van der Waals surface area contributed by atoms with Crippen LogP contribution in [0.25, 0.3) is 6.08 Å². The molecular weight excluding hydrogens is 526 g/mol. The van der Waals surface area contributed by atoms with Crippen LogP contribution in [0.5, 0.6) is 0 Å². The third-order valence-corrected chi connectivity index (χ3v) is 7.16. The maximum atomic E-state index is 14.0. The Morgan fingerprint density at radius 1 is 1.23 bits per heavy atom. The topological polar surface area (TPSA) is 59.0 Å². The summed E-state index contributed by atoms with van der Waals surface area (Å²) in [6, 6.07) is 8.90. The van der Waals surface area contributed by atoms with Crippen molar-refractivity contribution in [1.29, 1.82) is 0 Å². The van der Waals surface area contributed by atoms with E-state index in [1.54, 1.807) is 45.1 Å². The number of aryl methyl sites for hydroxylation is 1. The average molecular weight is 566 g/mol. The SMILES string of the molecule is CCOC(=O)CC/C=C/c1ccc(C(F)(F)F)cc1[C@@H](C)OC[C@H](O)CN1CCC[C@H]1Cc1ccc(C)c(F)c1. The minimum absolute atomic E-state index is 0.0498. The molecule has 1 aliphatic heterocycles. The molecule has 0 unspecified atom stereocenters. The van der Waals surface area contributed by atoms with Crippen molar-refractivity contribution in [3.05, 3.63) is 76.1 Å². The number of carbonyl (C=O) groups is 1. The van der Waals surface area contributed by atoms with E-state index in [0.29, 0.717) is 36.1 Å². The molecule has 220 valence electrons. The van der Waals surface area contributed by atoms with Crippen LogP contribution in [-0.4, -0.2) is 54.4 Å². The maximum absolute atomic E-state index is 14.0. The van der Waals surface area contributed by atoms with Gasteiger partial charge in [-0.1, -0.05) is 30.4 Å². The number of β-amino-alcohol motifs (C(OH)–C–C–N with tert-alkyl or cyclic N) is 1. The lowest BCUT2D eigenvalue weighted by atomic mass is 9.99. The normalized spacial score (nSPS) is 17.9. The molecule has 3 rings (SSSR count). The number of carbonyl (C=O) groups excluding carboxylic acids is 1. The van der Waals surface area contributed by atoms with Crippen LogP contribution in [0.15, 0.2) is 42.5 Å². The Bertz CT molecular complexity index is 1150. The predicted octanol–water partition coefficient (Wildman–Crippen LogP) is 6.66. The zero-order chi connectivity index (χ0) is 29.3. The van der Waals surface area contributed by atoms with Gasteiger partial charge in [-0.25, -0.2) is 4.39 Å². The molecule has 5 nitrogen and oxygen atoms in total. The van der Waals surface area contributed by atoms with Gasteiger partial charge in [-0.05, 0) is 93.5 Å². The maximum Gasteiger partial charge on any atom is 0.416 e. The summed E-state index contributed by atoms with van der Waals surface area (Å²) in [4.78, 5) is 13.7. The summed E-state index contributed by atoms with van der Waals surface area (Å²) in [6.45, 7) is 6.50. The van der Waals surface area contributed by atoms with Gasteiger partial charge in [0.05, 0.1) is 31.0 Å². The Labute approximate surface area is 233 Å². The highest BCUT2D eigenvalue weighted by atomic mass is 19.4. The van der Waals surface area contributed by atoms with E-state index < -0.39 is 23.9 Å². The van der Waals surface area contributed by atoms with Crippen LogP contribution in [0.4, 0.5) is 17.6 Å². The molecule has 40 heavy (non-hydrogen) atoms. The van der Waals surface area contributed by atoms with E-state index in [1.807, 2.05) is 6.07 Å². The third kappa shape index (κ3) is 9.42.